The molecule has 1 aliphatic heterocycles. The van der Waals surface area contributed by atoms with Crippen molar-refractivity contribution in [3.8, 4) is 0 Å². The van der Waals surface area contributed by atoms with E-state index < -0.39 is 5.97 Å². The first-order valence-electron chi connectivity index (χ1n) is 5.65. The normalized spacial score (nSPS) is 18.2. The SMILES string of the molecule is CCCC(C)CN1N=C(C(=O)O)CCC1=O. The molecule has 0 aliphatic carbocycles. The molecule has 0 saturated heterocycles. The second-order valence-electron chi connectivity index (χ2n) is 4.22. The van der Waals surface area contributed by atoms with Crippen molar-refractivity contribution in [1.82, 2.24) is 5.01 Å². The van der Waals surface area contributed by atoms with Crippen molar-refractivity contribution in [2.45, 2.75) is 39.5 Å². The quantitative estimate of drug-likeness (QED) is 0.772. The van der Waals surface area contributed by atoms with Gasteiger partial charge in [-0.3, -0.25) is 4.79 Å². The van der Waals surface area contributed by atoms with Gasteiger partial charge in [0, 0.05) is 19.4 Å². The van der Waals surface area contributed by atoms with Crippen LogP contribution in [-0.4, -0.2) is 34.2 Å². The maximum absolute atomic E-state index is 11.5. The Morgan fingerprint density at radius 1 is 1.56 bits per heavy atom. The van der Waals surface area contributed by atoms with Gasteiger partial charge in [-0.05, 0) is 12.3 Å². The summed E-state index contributed by atoms with van der Waals surface area (Å²) in [6, 6.07) is 0. The molecule has 0 fully saturated rings. The topological polar surface area (TPSA) is 70.0 Å². The molecule has 1 rings (SSSR count). The molecule has 1 amide bonds. The van der Waals surface area contributed by atoms with E-state index in [1.54, 1.807) is 0 Å². The van der Waals surface area contributed by atoms with Gasteiger partial charge in [0.2, 0.25) is 5.91 Å². The molecule has 0 saturated carbocycles. The van der Waals surface area contributed by atoms with E-state index in [9.17, 15) is 9.59 Å². The predicted molar refractivity (Wildman–Crippen MR) is 60.1 cm³/mol. The van der Waals surface area contributed by atoms with Crippen LogP contribution < -0.4 is 0 Å². The van der Waals surface area contributed by atoms with Crippen LogP contribution in [0.5, 0.6) is 0 Å². The first-order chi connectivity index (χ1) is 7.54. The number of hydrogen-bond donors (Lipinski definition) is 1. The molecule has 5 nitrogen and oxygen atoms in total. The zero-order valence-corrected chi connectivity index (χ0v) is 9.77. The summed E-state index contributed by atoms with van der Waals surface area (Å²) in [7, 11) is 0. The van der Waals surface area contributed by atoms with Crippen molar-refractivity contribution in [2.24, 2.45) is 11.0 Å². The second kappa shape index (κ2) is 5.63. The van der Waals surface area contributed by atoms with Gasteiger partial charge in [0.25, 0.3) is 0 Å². The zero-order valence-electron chi connectivity index (χ0n) is 9.77. The summed E-state index contributed by atoms with van der Waals surface area (Å²) in [6.07, 6.45) is 2.57. The van der Waals surface area contributed by atoms with E-state index in [2.05, 4.69) is 12.0 Å². The van der Waals surface area contributed by atoms with Crippen molar-refractivity contribution in [3.05, 3.63) is 0 Å². The number of rotatable bonds is 5. The van der Waals surface area contributed by atoms with Gasteiger partial charge in [0.05, 0.1) is 0 Å². The maximum Gasteiger partial charge on any atom is 0.352 e. The molecule has 0 radical (unpaired) electrons. The fraction of sp³-hybridized carbons (Fsp3) is 0.727. The molecule has 1 N–H and O–H groups in total. The minimum absolute atomic E-state index is 0.0760. The highest BCUT2D eigenvalue weighted by molar-refractivity contribution is 6.36. The highest BCUT2D eigenvalue weighted by atomic mass is 16.4. The van der Waals surface area contributed by atoms with Crippen LogP contribution in [0.2, 0.25) is 0 Å². The smallest absolute Gasteiger partial charge is 0.352 e. The number of carbonyl (C=O) groups excluding carboxylic acids is 1. The standard InChI is InChI=1S/C11H18N2O3/c1-3-4-8(2)7-13-10(14)6-5-9(12-13)11(15)16/h8H,3-7H2,1-2H3,(H,15,16). The lowest BCUT2D eigenvalue weighted by Gasteiger charge is -2.24. The van der Waals surface area contributed by atoms with Gasteiger partial charge in [-0.25, -0.2) is 9.80 Å². The molecule has 1 aliphatic rings. The third-order valence-corrected chi connectivity index (χ3v) is 2.62. The van der Waals surface area contributed by atoms with Crippen LogP contribution in [0, 0.1) is 5.92 Å². The Kier molecular flexibility index (Phi) is 4.46. The summed E-state index contributed by atoms with van der Waals surface area (Å²) in [4.78, 5) is 22.3. The van der Waals surface area contributed by atoms with Crippen molar-refractivity contribution in [2.75, 3.05) is 6.54 Å². The number of nitrogens with zero attached hydrogens (tertiary/aromatic N) is 2. The molecule has 16 heavy (non-hydrogen) atoms. The van der Waals surface area contributed by atoms with Crippen LogP contribution in [0.4, 0.5) is 0 Å². The van der Waals surface area contributed by atoms with Crippen molar-refractivity contribution in [3.63, 3.8) is 0 Å². The Labute approximate surface area is 95.1 Å². The Bertz CT molecular complexity index is 312. The van der Waals surface area contributed by atoms with E-state index >= 15 is 0 Å². The van der Waals surface area contributed by atoms with Gasteiger partial charge in [0.15, 0.2) is 0 Å². The molecule has 90 valence electrons. The van der Waals surface area contributed by atoms with Crippen LogP contribution in [-0.2, 0) is 9.59 Å². The van der Waals surface area contributed by atoms with Crippen LogP contribution in [0.15, 0.2) is 5.10 Å². The molecule has 1 unspecified atom stereocenters. The zero-order chi connectivity index (χ0) is 12.1. The van der Waals surface area contributed by atoms with Gasteiger partial charge in [0.1, 0.15) is 5.71 Å². The van der Waals surface area contributed by atoms with Crippen molar-refractivity contribution >= 4 is 17.6 Å². The number of hydrazone groups is 1. The van der Waals surface area contributed by atoms with Gasteiger partial charge >= 0.3 is 5.97 Å². The second-order valence-corrected chi connectivity index (χ2v) is 4.22. The van der Waals surface area contributed by atoms with Crippen LogP contribution in [0.1, 0.15) is 39.5 Å². The van der Waals surface area contributed by atoms with E-state index in [0.29, 0.717) is 12.5 Å². The Balaban J connectivity index is 2.65. The average molecular weight is 226 g/mol. The Hall–Kier alpha value is -1.39. The summed E-state index contributed by atoms with van der Waals surface area (Å²) in [5.74, 6) is -0.751. The van der Waals surface area contributed by atoms with Crippen LogP contribution >= 0.6 is 0 Å². The molecule has 0 aromatic heterocycles. The third-order valence-electron chi connectivity index (χ3n) is 2.62. The summed E-state index contributed by atoms with van der Waals surface area (Å²) < 4.78 is 0. The number of aliphatic carboxylic acids is 1. The molecule has 5 heteroatoms. The van der Waals surface area contributed by atoms with Gasteiger partial charge in [-0.2, -0.15) is 5.10 Å². The molecule has 0 aromatic rings. The van der Waals surface area contributed by atoms with Crippen molar-refractivity contribution in [1.29, 1.82) is 0 Å². The van der Waals surface area contributed by atoms with E-state index in [0.717, 1.165) is 12.8 Å². The third kappa shape index (κ3) is 3.32. The molecule has 0 bridgehead atoms. The summed E-state index contributed by atoms with van der Waals surface area (Å²) in [6.45, 7) is 4.64. The minimum atomic E-state index is -1.03. The predicted octanol–water partition coefficient (Wildman–Crippen LogP) is 1.49. The lowest BCUT2D eigenvalue weighted by molar-refractivity contribution is -0.133. The van der Waals surface area contributed by atoms with Crippen LogP contribution in [0.25, 0.3) is 0 Å². The minimum Gasteiger partial charge on any atom is -0.477 e. The summed E-state index contributed by atoms with van der Waals surface area (Å²) in [5, 5.41) is 14.0. The van der Waals surface area contributed by atoms with Crippen LogP contribution in [0.3, 0.4) is 0 Å². The number of carbonyl (C=O) groups is 2. The van der Waals surface area contributed by atoms with E-state index in [-0.39, 0.29) is 24.5 Å². The number of hydrogen-bond acceptors (Lipinski definition) is 3. The first-order valence-corrected chi connectivity index (χ1v) is 5.65. The van der Waals surface area contributed by atoms with E-state index in [4.69, 9.17) is 5.11 Å². The largest absolute Gasteiger partial charge is 0.477 e. The lowest BCUT2D eigenvalue weighted by atomic mass is 10.1. The monoisotopic (exact) mass is 226 g/mol. The van der Waals surface area contributed by atoms with E-state index in [1.165, 1.54) is 5.01 Å². The number of carboxylic acids is 1. The highest BCUT2D eigenvalue weighted by Gasteiger charge is 2.24. The fourth-order valence-electron chi connectivity index (χ4n) is 1.78. The molecule has 1 heterocycles. The summed E-state index contributed by atoms with van der Waals surface area (Å²) >= 11 is 0. The Morgan fingerprint density at radius 3 is 2.81 bits per heavy atom. The molecule has 1 atom stereocenters. The van der Waals surface area contributed by atoms with Gasteiger partial charge < -0.3 is 5.11 Å². The first kappa shape index (κ1) is 12.7. The Morgan fingerprint density at radius 2 is 2.25 bits per heavy atom. The average Bonchev–Trinajstić information content (AvgIpc) is 2.21. The molecule has 0 aromatic carbocycles. The lowest BCUT2D eigenvalue weighted by Crippen LogP contribution is -2.36. The van der Waals surface area contributed by atoms with Gasteiger partial charge in [-0.15, -0.1) is 0 Å². The van der Waals surface area contributed by atoms with Crippen molar-refractivity contribution < 1.29 is 14.7 Å². The molecular formula is C11H18N2O3. The van der Waals surface area contributed by atoms with Gasteiger partial charge in [-0.1, -0.05) is 20.3 Å². The maximum atomic E-state index is 11.5. The number of carboxylic acid groups (broad SMARTS) is 1. The number of amides is 1. The molecular weight excluding hydrogens is 208 g/mol. The molecule has 0 spiro atoms. The van der Waals surface area contributed by atoms with E-state index in [1.807, 2.05) is 6.92 Å². The fourth-order valence-corrected chi connectivity index (χ4v) is 1.78. The highest BCUT2D eigenvalue weighted by Crippen LogP contribution is 2.14. The summed E-state index contributed by atoms with van der Waals surface area (Å²) in [5.41, 5.74) is 0.0864.